The summed E-state index contributed by atoms with van der Waals surface area (Å²) in [4.78, 5) is 59.0. The fourth-order valence-electron chi connectivity index (χ4n) is 12.9. The van der Waals surface area contributed by atoms with Crippen LogP contribution in [0.1, 0.15) is 97.0 Å². The van der Waals surface area contributed by atoms with Crippen molar-refractivity contribution in [3.63, 3.8) is 0 Å². The van der Waals surface area contributed by atoms with Crippen molar-refractivity contribution >= 4 is 67.1 Å². The van der Waals surface area contributed by atoms with Crippen LogP contribution >= 0.6 is 23.2 Å². The third kappa shape index (κ3) is 16.8. The molecule has 6 aliphatic rings. The van der Waals surface area contributed by atoms with E-state index in [9.17, 15) is 46.5 Å². The molecule has 0 aromatic heterocycles. The van der Waals surface area contributed by atoms with Gasteiger partial charge in [-0.25, -0.2) is 35.9 Å². The lowest BCUT2D eigenvalue weighted by atomic mass is 10.0. The second kappa shape index (κ2) is 30.5. The summed E-state index contributed by atoms with van der Waals surface area (Å²) in [6, 6.07) is 22.4. The van der Waals surface area contributed by atoms with E-state index in [-0.39, 0.29) is 84.8 Å². The van der Waals surface area contributed by atoms with E-state index in [2.05, 4.69) is 63.3 Å². The highest BCUT2D eigenvalue weighted by Gasteiger charge is 2.42. The molecule has 4 heterocycles. The molecule has 0 saturated carbocycles. The number of hydrogen-bond acceptors (Lipinski definition) is 16. The van der Waals surface area contributed by atoms with Crippen LogP contribution in [0, 0.1) is 22.7 Å². The largest absolute Gasteiger partial charge is 0.484 e. The highest BCUT2D eigenvalue weighted by atomic mass is 35.5. The zero-order valence-corrected chi connectivity index (χ0v) is 53.3. The van der Waals surface area contributed by atoms with Crippen molar-refractivity contribution in [3.05, 3.63) is 116 Å². The Balaban J connectivity index is 0.549. The number of carbonyl (C=O) groups excluding carboxylic acids is 4. The third-order valence-electron chi connectivity index (χ3n) is 17.5. The number of nitriles is 2. The molecule has 4 fully saturated rings. The zero-order valence-electron chi connectivity index (χ0n) is 50.1. The van der Waals surface area contributed by atoms with Crippen LogP contribution in [0.4, 0.5) is 9.59 Å². The number of rotatable bonds is 25. The summed E-state index contributed by atoms with van der Waals surface area (Å²) in [5.74, 6) is 0.704. The van der Waals surface area contributed by atoms with Gasteiger partial charge in [0.15, 0.2) is 0 Å². The Morgan fingerprint density at radius 1 is 0.533 bits per heavy atom. The fraction of sp³-hybridized carbons (Fsp3) is 0.516. The Hall–Kier alpha value is -6.82. The van der Waals surface area contributed by atoms with Crippen molar-refractivity contribution in [3.8, 4) is 23.6 Å². The predicted octanol–water partition coefficient (Wildman–Crippen LogP) is 4.03. The molecule has 4 aliphatic heterocycles. The van der Waals surface area contributed by atoms with Crippen molar-refractivity contribution in [2.45, 2.75) is 110 Å². The summed E-state index contributed by atoms with van der Waals surface area (Å²) in [6.45, 7) is 9.18. The van der Waals surface area contributed by atoms with Crippen molar-refractivity contribution < 1.29 is 45.5 Å². The summed E-state index contributed by atoms with van der Waals surface area (Å²) in [5, 5.41) is 38.4. The van der Waals surface area contributed by atoms with Gasteiger partial charge in [-0.1, -0.05) is 23.2 Å². The van der Waals surface area contributed by atoms with Crippen molar-refractivity contribution in [1.29, 1.82) is 10.5 Å². The van der Waals surface area contributed by atoms with E-state index in [1.165, 1.54) is 24.3 Å². The van der Waals surface area contributed by atoms with Crippen LogP contribution in [0.5, 0.6) is 11.5 Å². The molecule has 8 N–H and O–H groups in total. The van der Waals surface area contributed by atoms with Crippen LogP contribution in [0.3, 0.4) is 0 Å². The molecule has 4 aromatic rings. The van der Waals surface area contributed by atoms with Gasteiger partial charge in [-0.3, -0.25) is 19.4 Å². The minimum absolute atomic E-state index is 0.0240. The molecule has 24 nitrogen and oxygen atoms in total. The van der Waals surface area contributed by atoms with Crippen LogP contribution in [0.15, 0.2) is 82.6 Å². The van der Waals surface area contributed by atoms with Gasteiger partial charge in [0.2, 0.25) is 31.9 Å². The van der Waals surface area contributed by atoms with E-state index in [0.717, 1.165) is 74.6 Å². The van der Waals surface area contributed by atoms with Gasteiger partial charge < -0.3 is 51.2 Å². The molecule has 90 heavy (non-hydrogen) atoms. The molecule has 0 spiro atoms. The number of nitrogens with zero attached hydrogens (tertiary/aromatic N) is 6. The summed E-state index contributed by atoms with van der Waals surface area (Å²) in [7, 11) is -7.85. The Morgan fingerprint density at radius 2 is 0.900 bits per heavy atom. The lowest BCUT2D eigenvalue weighted by molar-refractivity contribution is -0.131. The topological polar surface area (TPSA) is 312 Å². The molecule has 0 bridgehead atoms. The first kappa shape index (κ1) is 66.1. The van der Waals surface area contributed by atoms with Crippen LogP contribution in [0.25, 0.3) is 0 Å². The first-order valence-electron chi connectivity index (χ1n) is 31.0. The monoisotopic (exact) mass is 1310 g/mol. The van der Waals surface area contributed by atoms with Crippen LogP contribution in [-0.4, -0.2) is 189 Å². The number of halogens is 2. The first-order valence-corrected chi connectivity index (χ1v) is 34.7. The number of sulfonamides is 2. The smallest absolute Gasteiger partial charge is 0.314 e. The molecule has 6 amide bonds. The average molecular weight is 1310 g/mol. The number of amides is 6. The molecule has 2 aliphatic carbocycles. The Kier molecular flexibility index (Phi) is 22.4. The summed E-state index contributed by atoms with van der Waals surface area (Å²) >= 11 is 12.9. The summed E-state index contributed by atoms with van der Waals surface area (Å²) in [5.41, 5.74) is 4.61. The van der Waals surface area contributed by atoms with Crippen LogP contribution in [0.2, 0.25) is 10.0 Å². The Morgan fingerprint density at radius 3 is 1.27 bits per heavy atom. The van der Waals surface area contributed by atoms with Gasteiger partial charge >= 0.3 is 12.1 Å². The predicted molar refractivity (Wildman–Crippen MR) is 337 cm³/mol. The van der Waals surface area contributed by atoms with Gasteiger partial charge in [-0.15, -0.1) is 0 Å². The highest BCUT2D eigenvalue weighted by Crippen LogP contribution is 2.43. The van der Waals surface area contributed by atoms with Gasteiger partial charge in [0.1, 0.15) is 23.7 Å². The van der Waals surface area contributed by atoms with E-state index < -0.39 is 44.3 Å². The van der Waals surface area contributed by atoms with Crippen LogP contribution < -0.4 is 50.8 Å². The van der Waals surface area contributed by atoms with Crippen molar-refractivity contribution in [2.75, 3.05) is 105 Å². The zero-order chi connectivity index (χ0) is 63.4. The summed E-state index contributed by atoms with van der Waals surface area (Å²) < 4.78 is 72.6. The van der Waals surface area contributed by atoms with E-state index in [0.29, 0.717) is 110 Å². The average Bonchev–Trinajstić information content (AvgIpc) is 1.66. The SMILES string of the molecule is N#Cc1cc(Cl)cc2c1C[C@H](N1CCNCC1)[C@H]2Oc1ccc(S(=O)(=O)NC2CCN(C(=O)CCCNC(=O)NCCCCNC(=O)NCCCC(=O)N3CC[C@H](NS(=O)(=O)c4ccc(O[C@H]5c6cc(Cl)cc(C#N)c6C[C@@H]5N5CCNCC5)cc4)C3)C2)cc1. The molecule has 482 valence electrons. The number of urea groups is 2. The number of piperazine rings is 2. The van der Waals surface area contributed by atoms with Gasteiger partial charge in [0.25, 0.3) is 0 Å². The number of carbonyl (C=O) groups is 4. The maximum absolute atomic E-state index is 13.5. The molecular weight excluding hydrogens is 1240 g/mol. The molecule has 4 saturated heterocycles. The Labute approximate surface area is 536 Å². The van der Waals surface area contributed by atoms with Crippen molar-refractivity contribution in [1.82, 2.24) is 60.9 Å². The number of unbranched alkanes of at least 4 members (excludes halogenated alkanes) is 1. The normalized spacial score (nSPS) is 21.8. The molecule has 1 unspecified atom stereocenters. The van der Waals surface area contributed by atoms with E-state index in [4.69, 9.17) is 32.7 Å². The van der Waals surface area contributed by atoms with E-state index in [1.54, 1.807) is 46.2 Å². The number of benzene rings is 4. The number of ether oxygens (including phenoxy) is 2. The minimum atomic E-state index is -3.92. The number of nitrogens with one attached hydrogen (secondary N) is 8. The number of likely N-dealkylation sites (tertiary alicyclic amines) is 2. The minimum Gasteiger partial charge on any atom is -0.484 e. The molecule has 4 aromatic carbocycles. The molecule has 6 atom stereocenters. The third-order valence-corrected chi connectivity index (χ3v) is 21.0. The maximum atomic E-state index is 13.5. The highest BCUT2D eigenvalue weighted by molar-refractivity contribution is 7.89. The first-order chi connectivity index (χ1) is 43.4. The van der Waals surface area contributed by atoms with Crippen LogP contribution in [-0.2, 0) is 42.5 Å². The summed E-state index contributed by atoms with van der Waals surface area (Å²) in [6.07, 6.45) is 3.71. The second-order valence-electron chi connectivity index (χ2n) is 23.6. The van der Waals surface area contributed by atoms with Gasteiger partial charge in [-0.2, -0.15) is 10.5 Å². The molecule has 28 heteroatoms. The number of hydrogen-bond donors (Lipinski definition) is 8. The van der Waals surface area contributed by atoms with Gasteiger partial charge in [-0.05, 0) is 146 Å². The maximum Gasteiger partial charge on any atom is 0.314 e. The molecule has 10 rings (SSSR count). The molecule has 0 radical (unpaired) electrons. The standard InChI is InChI=1S/C62H78Cl2N14O10S2/c63-43-31-41(37-65)51-35-55(75-27-21-67-22-28-75)59(53(51)33-43)87-47-7-11-49(12-8-47)89(83,84)73-45-15-25-77(39-45)57(79)5-3-19-71-61(81)69-17-1-2-18-70-62(82)72-20-4-6-58(80)78-26-16-46(40-78)74-90(85,86)50-13-9-48(10-14-50)88-60-54-34-44(64)32-42(38-66)52(54)36-56(60)76-29-23-68-24-30-76/h7-14,31-34,45-46,55-56,59-60,67-68,73-74H,1-6,15-30,35-36,39-40H2,(H2,69,71,81)(H2,70,72,82)/t45-,46?,55-,56-,59-,60-/m0/s1. The second-order valence-corrected chi connectivity index (χ2v) is 27.9. The lowest BCUT2D eigenvalue weighted by Gasteiger charge is -2.36. The number of fused-ring (bicyclic) bond motifs is 2. The fourth-order valence-corrected chi connectivity index (χ4v) is 15.9. The van der Waals surface area contributed by atoms with E-state index >= 15 is 0 Å². The lowest BCUT2D eigenvalue weighted by Crippen LogP contribution is -2.50. The quantitative estimate of drug-likeness (QED) is 0.0434. The van der Waals surface area contributed by atoms with E-state index in [1.807, 2.05) is 12.1 Å². The Bertz CT molecular complexity index is 3320. The van der Waals surface area contributed by atoms with Gasteiger partial charge in [0.05, 0.1) is 45.1 Å². The molecular formula is C62H78Cl2N14O10S2. The van der Waals surface area contributed by atoms with Gasteiger partial charge in [0, 0.05) is 140 Å². The van der Waals surface area contributed by atoms with Crippen molar-refractivity contribution in [2.24, 2.45) is 0 Å².